The molecule has 3 rings (SSSR count). The van der Waals surface area contributed by atoms with E-state index in [4.69, 9.17) is 14.2 Å². The van der Waals surface area contributed by atoms with Crippen LogP contribution >= 0.6 is 0 Å². The first-order chi connectivity index (χ1) is 11.4. The molecule has 0 aromatic rings. The fraction of sp³-hybridized carbons (Fsp3) is 0.944. The average molecular weight is 339 g/mol. The summed E-state index contributed by atoms with van der Waals surface area (Å²) in [5.41, 5.74) is -0.00725. The van der Waals surface area contributed by atoms with Gasteiger partial charge in [-0.05, 0) is 26.2 Å². The first-order valence-electron chi connectivity index (χ1n) is 9.18. The van der Waals surface area contributed by atoms with Gasteiger partial charge in [-0.2, -0.15) is 0 Å². The Hall–Kier alpha value is -0.850. The van der Waals surface area contributed by atoms with Gasteiger partial charge in [0.15, 0.2) is 5.96 Å². The van der Waals surface area contributed by atoms with E-state index in [-0.39, 0.29) is 23.2 Å². The Morgan fingerprint density at radius 2 is 1.96 bits per heavy atom. The Kier molecular flexibility index (Phi) is 5.09. The molecule has 24 heavy (non-hydrogen) atoms. The van der Waals surface area contributed by atoms with Crippen molar-refractivity contribution in [2.75, 3.05) is 40.5 Å². The van der Waals surface area contributed by atoms with Gasteiger partial charge in [-0.15, -0.1) is 0 Å². The summed E-state index contributed by atoms with van der Waals surface area (Å²) in [5, 5.41) is 3.66. The van der Waals surface area contributed by atoms with Crippen LogP contribution in [0, 0.1) is 5.41 Å². The zero-order chi connectivity index (χ0) is 17.4. The van der Waals surface area contributed by atoms with E-state index >= 15 is 0 Å². The lowest BCUT2D eigenvalue weighted by Crippen LogP contribution is -2.70. The standard InChI is InChI=1S/C18H33N3O3/c1-17(2)15(11-18(17,3)22-5)20-16(19-4)21-8-10-24-14(12-21)13-7-6-9-23-13/h13-15H,6-12H2,1-5H3,(H,19,20). The van der Waals surface area contributed by atoms with Gasteiger partial charge >= 0.3 is 0 Å². The SMILES string of the molecule is CN=C(NC1CC(C)(OC)C1(C)C)N1CCOC(C2CCCO2)C1. The summed E-state index contributed by atoms with van der Waals surface area (Å²) in [5.74, 6) is 0.970. The molecule has 2 heterocycles. The molecule has 1 N–H and O–H groups in total. The molecular weight excluding hydrogens is 306 g/mol. The molecule has 0 aromatic heterocycles. The van der Waals surface area contributed by atoms with Crippen LogP contribution in [0.1, 0.15) is 40.0 Å². The first-order valence-corrected chi connectivity index (χ1v) is 9.18. The van der Waals surface area contributed by atoms with E-state index in [0.29, 0.717) is 6.04 Å². The van der Waals surface area contributed by atoms with Gasteiger partial charge in [0.2, 0.25) is 0 Å². The number of guanidine groups is 1. The highest BCUT2D eigenvalue weighted by Gasteiger charge is 2.58. The van der Waals surface area contributed by atoms with E-state index in [1.807, 2.05) is 7.05 Å². The second kappa shape index (κ2) is 6.81. The Balaban J connectivity index is 1.60. The molecule has 1 aliphatic carbocycles. The maximum absolute atomic E-state index is 5.95. The lowest BCUT2D eigenvalue weighted by Gasteiger charge is -2.59. The van der Waals surface area contributed by atoms with Gasteiger partial charge in [-0.3, -0.25) is 4.99 Å². The molecule has 3 aliphatic rings. The van der Waals surface area contributed by atoms with E-state index in [2.05, 4.69) is 36.0 Å². The summed E-state index contributed by atoms with van der Waals surface area (Å²) in [6.07, 6.45) is 3.63. The molecule has 0 amide bonds. The fourth-order valence-electron chi connectivity index (χ4n) is 4.16. The van der Waals surface area contributed by atoms with E-state index < -0.39 is 0 Å². The molecule has 1 saturated carbocycles. The predicted molar refractivity (Wildman–Crippen MR) is 94.4 cm³/mol. The smallest absolute Gasteiger partial charge is 0.194 e. The monoisotopic (exact) mass is 339 g/mol. The molecule has 138 valence electrons. The van der Waals surface area contributed by atoms with Crippen LogP contribution < -0.4 is 5.32 Å². The Labute approximate surface area is 145 Å². The number of nitrogens with zero attached hydrogens (tertiary/aromatic N) is 2. The molecule has 3 fully saturated rings. The van der Waals surface area contributed by atoms with Crippen LogP contribution in [-0.2, 0) is 14.2 Å². The van der Waals surface area contributed by atoms with Gasteiger partial charge in [0.1, 0.15) is 6.10 Å². The largest absolute Gasteiger partial charge is 0.378 e. The minimum absolute atomic E-state index is 0.0674. The minimum atomic E-state index is -0.0747. The summed E-state index contributed by atoms with van der Waals surface area (Å²) >= 11 is 0. The second-order valence-corrected chi connectivity index (χ2v) is 8.01. The molecular formula is C18H33N3O3. The maximum atomic E-state index is 5.95. The van der Waals surface area contributed by atoms with Crippen molar-refractivity contribution in [1.29, 1.82) is 0 Å². The molecule has 4 unspecified atom stereocenters. The molecule has 0 bridgehead atoms. The van der Waals surface area contributed by atoms with Crippen molar-refractivity contribution in [3.8, 4) is 0 Å². The highest BCUT2D eigenvalue weighted by Crippen LogP contribution is 2.51. The van der Waals surface area contributed by atoms with Crippen molar-refractivity contribution in [3.05, 3.63) is 0 Å². The average Bonchev–Trinajstić information content (AvgIpc) is 3.13. The third-order valence-electron chi connectivity index (χ3n) is 6.57. The third-order valence-corrected chi connectivity index (χ3v) is 6.57. The normalized spacial score (nSPS) is 39.6. The van der Waals surface area contributed by atoms with E-state index in [9.17, 15) is 0 Å². The van der Waals surface area contributed by atoms with Crippen LogP contribution in [0.25, 0.3) is 0 Å². The molecule has 0 radical (unpaired) electrons. The van der Waals surface area contributed by atoms with Crippen molar-refractivity contribution in [2.45, 2.75) is 63.9 Å². The number of rotatable bonds is 3. The molecule has 0 spiro atoms. The molecule has 4 atom stereocenters. The van der Waals surface area contributed by atoms with E-state index in [1.165, 1.54) is 0 Å². The van der Waals surface area contributed by atoms with Crippen molar-refractivity contribution in [3.63, 3.8) is 0 Å². The van der Waals surface area contributed by atoms with Crippen LogP contribution in [0.15, 0.2) is 4.99 Å². The molecule has 2 saturated heterocycles. The Morgan fingerprint density at radius 1 is 1.21 bits per heavy atom. The van der Waals surface area contributed by atoms with Crippen molar-refractivity contribution in [1.82, 2.24) is 10.2 Å². The summed E-state index contributed by atoms with van der Waals surface area (Å²) in [6.45, 7) is 10.0. The lowest BCUT2D eigenvalue weighted by atomic mass is 9.56. The summed E-state index contributed by atoms with van der Waals surface area (Å²) in [6, 6.07) is 0.366. The van der Waals surface area contributed by atoms with Crippen LogP contribution in [0.4, 0.5) is 0 Å². The van der Waals surface area contributed by atoms with Gasteiger partial charge in [0.25, 0.3) is 0 Å². The number of hydrogen-bond donors (Lipinski definition) is 1. The second-order valence-electron chi connectivity index (χ2n) is 8.01. The maximum Gasteiger partial charge on any atom is 0.194 e. The fourth-order valence-corrected chi connectivity index (χ4v) is 4.16. The van der Waals surface area contributed by atoms with Gasteiger partial charge in [0.05, 0.1) is 18.3 Å². The zero-order valence-corrected chi connectivity index (χ0v) is 15.8. The number of ether oxygens (including phenoxy) is 3. The van der Waals surface area contributed by atoms with Crippen LogP contribution in [0.5, 0.6) is 0 Å². The van der Waals surface area contributed by atoms with Gasteiger partial charge in [-0.1, -0.05) is 13.8 Å². The molecule has 6 heteroatoms. The minimum Gasteiger partial charge on any atom is -0.378 e. The van der Waals surface area contributed by atoms with Crippen molar-refractivity contribution in [2.24, 2.45) is 10.4 Å². The van der Waals surface area contributed by atoms with E-state index in [1.54, 1.807) is 7.11 Å². The number of hydrogen-bond acceptors (Lipinski definition) is 4. The van der Waals surface area contributed by atoms with Gasteiger partial charge in [0, 0.05) is 45.3 Å². The number of nitrogens with one attached hydrogen (secondary N) is 1. The molecule has 2 aliphatic heterocycles. The van der Waals surface area contributed by atoms with Crippen LogP contribution in [-0.4, -0.2) is 75.2 Å². The molecule has 6 nitrogen and oxygen atoms in total. The molecule has 0 aromatic carbocycles. The Bertz CT molecular complexity index is 476. The number of morpholine rings is 1. The van der Waals surface area contributed by atoms with E-state index in [0.717, 1.165) is 51.5 Å². The Morgan fingerprint density at radius 3 is 2.54 bits per heavy atom. The van der Waals surface area contributed by atoms with Crippen LogP contribution in [0.3, 0.4) is 0 Å². The lowest BCUT2D eigenvalue weighted by molar-refractivity contribution is -0.177. The topological polar surface area (TPSA) is 55.3 Å². The quantitative estimate of drug-likeness (QED) is 0.626. The van der Waals surface area contributed by atoms with Gasteiger partial charge in [-0.25, -0.2) is 0 Å². The number of methoxy groups -OCH3 is 1. The predicted octanol–water partition coefficient (Wildman–Crippen LogP) is 1.65. The number of aliphatic imine (C=N–C) groups is 1. The van der Waals surface area contributed by atoms with Gasteiger partial charge < -0.3 is 24.4 Å². The highest BCUT2D eigenvalue weighted by molar-refractivity contribution is 5.80. The summed E-state index contributed by atoms with van der Waals surface area (Å²) in [4.78, 5) is 6.84. The highest BCUT2D eigenvalue weighted by atomic mass is 16.5. The third kappa shape index (κ3) is 3.04. The summed E-state index contributed by atoms with van der Waals surface area (Å²) in [7, 11) is 3.67. The summed E-state index contributed by atoms with van der Waals surface area (Å²) < 4.78 is 17.5. The van der Waals surface area contributed by atoms with Crippen molar-refractivity contribution >= 4 is 5.96 Å². The van der Waals surface area contributed by atoms with Crippen LogP contribution in [0.2, 0.25) is 0 Å². The zero-order valence-electron chi connectivity index (χ0n) is 15.8. The van der Waals surface area contributed by atoms with Crippen molar-refractivity contribution < 1.29 is 14.2 Å². The first kappa shape index (κ1) is 18.0.